The molecular weight excluding hydrogens is 260 g/mol. The van der Waals surface area contributed by atoms with Crippen molar-refractivity contribution < 1.29 is 14.7 Å². The summed E-state index contributed by atoms with van der Waals surface area (Å²) in [5.41, 5.74) is -0.00766. The maximum Gasteiger partial charge on any atom is 0.353 e. The van der Waals surface area contributed by atoms with E-state index in [1.54, 1.807) is 6.07 Å². The highest BCUT2D eigenvalue weighted by Crippen LogP contribution is 2.09. The number of aromatic nitrogens is 3. The van der Waals surface area contributed by atoms with Crippen LogP contribution in [-0.2, 0) is 0 Å². The Kier molecular flexibility index (Phi) is 3.24. The van der Waals surface area contributed by atoms with Gasteiger partial charge in [0.25, 0.3) is 5.91 Å². The Balaban J connectivity index is 2.13. The number of hydrogen-bond acceptors (Lipinski definition) is 4. The Morgan fingerprint density at radius 2 is 2.17 bits per heavy atom. The summed E-state index contributed by atoms with van der Waals surface area (Å²) >= 11 is 5.65. The van der Waals surface area contributed by atoms with Crippen LogP contribution in [0.25, 0.3) is 0 Å². The highest BCUT2D eigenvalue weighted by Gasteiger charge is 2.12. The molecule has 1 amide bonds. The number of anilines is 1. The van der Waals surface area contributed by atoms with E-state index in [-0.39, 0.29) is 22.4 Å². The Morgan fingerprint density at radius 3 is 2.78 bits per heavy atom. The fourth-order valence-corrected chi connectivity index (χ4v) is 1.37. The minimum Gasteiger partial charge on any atom is -0.477 e. The number of carboxylic acid groups (broad SMARTS) is 1. The zero-order valence-corrected chi connectivity index (χ0v) is 9.60. The molecule has 0 aliphatic rings. The Hall–Kier alpha value is -2.41. The lowest BCUT2D eigenvalue weighted by Gasteiger charge is -2.00. The number of carbonyl (C=O) groups excluding carboxylic acids is 1. The van der Waals surface area contributed by atoms with Crippen molar-refractivity contribution in [2.75, 3.05) is 5.32 Å². The first-order valence-corrected chi connectivity index (χ1v) is 5.16. The molecule has 2 aromatic heterocycles. The quantitative estimate of drug-likeness (QED) is 0.728. The number of rotatable bonds is 3. The Bertz CT molecular complexity index is 611. The van der Waals surface area contributed by atoms with Crippen molar-refractivity contribution in [1.29, 1.82) is 0 Å². The van der Waals surface area contributed by atoms with Crippen molar-refractivity contribution in [1.82, 2.24) is 15.2 Å². The number of amides is 1. The van der Waals surface area contributed by atoms with E-state index in [9.17, 15) is 9.59 Å². The number of nitrogens with one attached hydrogen (secondary N) is 2. The number of nitrogens with zero attached hydrogens (tertiary/aromatic N) is 2. The van der Waals surface area contributed by atoms with E-state index in [1.165, 1.54) is 18.2 Å². The molecule has 7 nitrogen and oxygen atoms in total. The van der Waals surface area contributed by atoms with Gasteiger partial charge in [0, 0.05) is 6.07 Å². The molecule has 0 unspecified atom stereocenters. The number of pyridine rings is 1. The average molecular weight is 267 g/mol. The van der Waals surface area contributed by atoms with Gasteiger partial charge in [0.15, 0.2) is 5.82 Å². The van der Waals surface area contributed by atoms with Crippen molar-refractivity contribution in [3.05, 3.63) is 40.8 Å². The lowest BCUT2D eigenvalue weighted by Crippen LogP contribution is -2.13. The smallest absolute Gasteiger partial charge is 0.353 e. The van der Waals surface area contributed by atoms with E-state index in [1.807, 2.05) is 0 Å². The molecule has 92 valence electrons. The van der Waals surface area contributed by atoms with Gasteiger partial charge in [-0.15, -0.1) is 0 Å². The first kappa shape index (κ1) is 12.1. The minimum atomic E-state index is -1.16. The van der Waals surface area contributed by atoms with Gasteiger partial charge >= 0.3 is 5.97 Å². The van der Waals surface area contributed by atoms with Gasteiger partial charge in [-0.3, -0.25) is 9.89 Å². The summed E-state index contributed by atoms with van der Waals surface area (Å²) in [6.45, 7) is 0. The zero-order chi connectivity index (χ0) is 13.1. The number of carboxylic acids is 1. The fourth-order valence-electron chi connectivity index (χ4n) is 1.21. The molecule has 0 spiro atoms. The maximum absolute atomic E-state index is 11.7. The first-order chi connectivity index (χ1) is 8.56. The second-order valence-electron chi connectivity index (χ2n) is 3.27. The van der Waals surface area contributed by atoms with Gasteiger partial charge < -0.3 is 10.4 Å². The number of hydrogen-bond donors (Lipinski definition) is 3. The number of aromatic carboxylic acids is 1. The van der Waals surface area contributed by atoms with Gasteiger partial charge in [0.05, 0.1) is 0 Å². The van der Waals surface area contributed by atoms with Gasteiger partial charge in [0.1, 0.15) is 16.5 Å². The van der Waals surface area contributed by atoms with E-state index in [0.717, 1.165) is 0 Å². The summed E-state index contributed by atoms with van der Waals surface area (Å²) < 4.78 is 0. The molecule has 2 rings (SSSR count). The van der Waals surface area contributed by atoms with E-state index < -0.39 is 11.9 Å². The molecule has 0 aliphatic carbocycles. The van der Waals surface area contributed by atoms with Crippen LogP contribution >= 0.6 is 11.6 Å². The molecule has 18 heavy (non-hydrogen) atoms. The van der Waals surface area contributed by atoms with E-state index in [4.69, 9.17) is 16.7 Å². The lowest BCUT2D eigenvalue weighted by atomic mass is 10.3. The fraction of sp³-hybridized carbons (Fsp3) is 0. The highest BCUT2D eigenvalue weighted by atomic mass is 35.5. The average Bonchev–Trinajstić information content (AvgIpc) is 2.77. The van der Waals surface area contributed by atoms with Crippen molar-refractivity contribution in [3.8, 4) is 0 Å². The van der Waals surface area contributed by atoms with Crippen LogP contribution in [0.4, 0.5) is 5.82 Å². The Morgan fingerprint density at radius 1 is 1.39 bits per heavy atom. The number of carbonyl (C=O) groups is 2. The molecule has 0 bridgehead atoms. The predicted octanol–water partition coefficient (Wildman–Crippen LogP) is 1.41. The third-order valence-corrected chi connectivity index (χ3v) is 2.21. The second kappa shape index (κ2) is 4.84. The van der Waals surface area contributed by atoms with Crippen molar-refractivity contribution in [3.63, 3.8) is 0 Å². The summed E-state index contributed by atoms with van der Waals surface area (Å²) in [5.74, 6) is -1.59. The maximum atomic E-state index is 11.7. The molecule has 3 N–H and O–H groups in total. The van der Waals surface area contributed by atoms with Gasteiger partial charge in [0.2, 0.25) is 0 Å². The van der Waals surface area contributed by atoms with Gasteiger partial charge in [-0.2, -0.15) is 5.10 Å². The monoisotopic (exact) mass is 266 g/mol. The lowest BCUT2D eigenvalue weighted by molar-refractivity contribution is 0.0690. The van der Waals surface area contributed by atoms with Crippen molar-refractivity contribution in [2.45, 2.75) is 0 Å². The van der Waals surface area contributed by atoms with E-state index >= 15 is 0 Å². The van der Waals surface area contributed by atoms with Crippen LogP contribution < -0.4 is 5.32 Å². The second-order valence-corrected chi connectivity index (χ2v) is 3.66. The third-order valence-electron chi connectivity index (χ3n) is 2.00. The van der Waals surface area contributed by atoms with Crippen LogP contribution in [0.2, 0.25) is 5.15 Å². The van der Waals surface area contributed by atoms with Crippen LogP contribution in [0.15, 0.2) is 24.3 Å². The van der Waals surface area contributed by atoms with Gasteiger partial charge in [-0.05, 0) is 12.1 Å². The van der Waals surface area contributed by atoms with Gasteiger partial charge in [-0.1, -0.05) is 17.7 Å². The molecule has 0 aliphatic heterocycles. The molecular formula is C10H7ClN4O3. The summed E-state index contributed by atoms with van der Waals surface area (Å²) in [5, 5.41) is 17.1. The normalized spacial score (nSPS) is 10.1. The highest BCUT2D eigenvalue weighted by molar-refractivity contribution is 6.29. The molecule has 8 heteroatoms. The minimum absolute atomic E-state index is 0.0965. The zero-order valence-electron chi connectivity index (χ0n) is 8.85. The van der Waals surface area contributed by atoms with Crippen molar-refractivity contribution >= 4 is 29.3 Å². The standard InChI is InChI=1S/C10H7ClN4O3/c11-7-3-1-2-5(12-7)9(16)13-8-4-6(10(17)18)14-15-8/h1-4H,(H,17,18)(H2,13,14,15,16). The molecule has 0 aromatic carbocycles. The Labute approximate surface area is 106 Å². The number of halogens is 1. The van der Waals surface area contributed by atoms with Crippen LogP contribution in [0.5, 0.6) is 0 Å². The summed E-state index contributed by atoms with van der Waals surface area (Å²) in [7, 11) is 0. The molecule has 2 heterocycles. The van der Waals surface area contributed by atoms with Gasteiger partial charge in [-0.25, -0.2) is 9.78 Å². The van der Waals surface area contributed by atoms with Crippen LogP contribution in [-0.4, -0.2) is 32.2 Å². The SMILES string of the molecule is O=C(Nc1cc(C(=O)O)[nH]n1)c1cccc(Cl)n1. The molecule has 0 radical (unpaired) electrons. The van der Waals surface area contributed by atoms with Crippen LogP contribution in [0.3, 0.4) is 0 Å². The number of aromatic amines is 1. The predicted molar refractivity (Wildman–Crippen MR) is 62.7 cm³/mol. The van der Waals surface area contributed by atoms with Crippen LogP contribution in [0, 0.1) is 0 Å². The molecule has 0 atom stereocenters. The number of H-pyrrole nitrogens is 1. The van der Waals surface area contributed by atoms with E-state index in [2.05, 4.69) is 20.5 Å². The topological polar surface area (TPSA) is 108 Å². The van der Waals surface area contributed by atoms with Crippen LogP contribution in [0.1, 0.15) is 21.0 Å². The first-order valence-electron chi connectivity index (χ1n) is 4.79. The third kappa shape index (κ3) is 2.64. The molecule has 0 saturated heterocycles. The van der Waals surface area contributed by atoms with E-state index in [0.29, 0.717) is 0 Å². The summed E-state index contributed by atoms with van der Waals surface area (Å²) in [6.07, 6.45) is 0. The van der Waals surface area contributed by atoms with Crippen molar-refractivity contribution in [2.24, 2.45) is 0 Å². The largest absolute Gasteiger partial charge is 0.477 e. The molecule has 0 fully saturated rings. The summed E-state index contributed by atoms with van der Waals surface area (Å²) in [6, 6.07) is 5.80. The summed E-state index contributed by atoms with van der Waals surface area (Å²) in [4.78, 5) is 26.1. The molecule has 0 saturated carbocycles. The molecule has 2 aromatic rings.